The van der Waals surface area contributed by atoms with E-state index in [4.69, 9.17) is 5.73 Å². The number of hydrogen-bond donors (Lipinski definition) is 1. The fraction of sp³-hybridized carbons (Fsp3) is 0.222. The molecule has 0 fully saturated rings. The van der Waals surface area contributed by atoms with Crippen LogP contribution in [0.3, 0.4) is 0 Å². The van der Waals surface area contributed by atoms with E-state index in [0.717, 1.165) is 4.31 Å². The van der Waals surface area contributed by atoms with Gasteiger partial charge in [0.25, 0.3) is 10.0 Å². The third-order valence-corrected chi connectivity index (χ3v) is 4.17. The minimum atomic E-state index is -3.65. The summed E-state index contributed by atoms with van der Waals surface area (Å²) in [6, 6.07) is 6.56. The SMILES string of the molecule is NCC(=O)N1Cc2ccccc2S1(=O)=O. The van der Waals surface area contributed by atoms with Gasteiger partial charge in [-0.2, -0.15) is 0 Å². The number of amides is 1. The summed E-state index contributed by atoms with van der Waals surface area (Å²) in [5.41, 5.74) is 5.79. The van der Waals surface area contributed by atoms with Crippen LogP contribution in [0.25, 0.3) is 0 Å². The van der Waals surface area contributed by atoms with Gasteiger partial charge < -0.3 is 5.73 Å². The number of carbonyl (C=O) groups excluding carboxylic acids is 1. The van der Waals surface area contributed by atoms with Gasteiger partial charge in [0, 0.05) is 0 Å². The van der Waals surface area contributed by atoms with Gasteiger partial charge in [-0.15, -0.1) is 0 Å². The quantitative estimate of drug-likeness (QED) is 0.711. The van der Waals surface area contributed by atoms with Crippen molar-refractivity contribution in [3.8, 4) is 0 Å². The summed E-state index contributed by atoms with van der Waals surface area (Å²) in [7, 11) is -3.65. The number of rotatable bonds is 1. The Balaban J connectivity index is 2.52. The smallest absolute Gasteiger partial charge is 0.267 e. The van der Waals surface area contributed by atoms with Crippen molar-refractivity contribution >= 4 is 15.9 Å². The van der Waals surface area contributed by atoms with Crippen molar-refractivity contribution in [3.05, 3.63) is 29.8 Å². The van der Waals surface area contributed by atoms with Gasteiger partial charge in [0.2, 0.25) is 5.91 Å². The predicted octanol–water partition coefficient (Wildman–Crippen LogP) is -0.324. The van der Waals surface area contributed by atoms with Crippen molar-refractivity contribution in [3.63, 3.8) is 0 Å². The lowest BCUT2D eigenvalue weighted by atomic mass is 10.2. The van der Waals surface area contributed by atoms with Gasteiger partial charge in [0.15, 0.2) is 0 Å². The second-order valence-corrected chi connectivity index (χ2v) is 5.05. The number of nitrogens with zero attached hydrogens (tertiary/aromatic N) is 1. The molecule has 1 heterocycles. The Labute approximate surface area is 87.5 Å². The highest BCUT2D eigenvalue weighted by Gasteiger charge is 2.36. The van der Waals surface area contributed by atoms with Crippen LogP contribution in [0.2, 0.25) is 0 Å². The van der Waals surface area contributed by atoms with Crippen molar-refractivity contribution in [1.82, 2.24) is 4.31 Å². The minimum Gasteiger partial charge on any atom is -0.322 e. The van der Waals surface area contributed by atoms with Crippen molar-refractivity contribution in [2.45, 2.75) is 11.4 Å². The molecule has 0 aliphatic carbocycles. The number of carbonyl (C=O) groups is 1. The molecule has 1 aliphatic heterocycles. The zero-order valence-corrected chi connectivity index (χ0v) is 8.70. The average Bonchev–Trinajstić information content (AvgIpc) is 2.51. The summed E-state index contributed by atoms with van der Waals surface area (Å²) in [5.74, 6) is -0.578. The molecule has 0 aromatic heterocycles. The van der Waals surface area contributed by atoms with E-state index in [-0.39, 0.29) is 18.0 Å². The summed E-state index contributed by atoms with van der Waals surface area (Å²) in [6.07, 6.45) is 0. The fourth-order valence-electron chi connectivity index (χ4n) is 1.57. The number of hydrogen-bond acceptors (Lipinski definition) is 4. The van der Waals surface area contributed by atoms with Crippen molar-refractivity contribution in [1.29, 1.82) is 0 Å². The first-order valence-electron chi connectivity index (χ1n) is 4.41. The molecule has 0 spiro atoms. The first-order chi connectivity index (χ1) is 7.07. The van der Waals surface area contributed by atoms with E-state index < -0.39 is 15.9 Å². The summed E-state index contributed by atoms with van der Waals surface area (Å²) < 4.78 is 24.5. The maximum Gasteiger partial charge on any atom is 0.267 e. The van der Waals surface area contributed by atoms with E-state index >= 15 is 0 Å². The highest BCUT2D eigenvalue weighted by Crippen LogP contribution is 2.29. The summed E-state index contributed by atoms with van der Waals surface area (Å²) >= 11 is 0. The van der Waals surface area contributed by atoms with Gasteiger partial charge >= 0.3 is 0 Å². The lowest BCUT2D eigenvalue weighted by molar-refractivity contribution is -0.125. The van der Waals surface area contributed by atoms with E-state index in [1.165, 1.54) is 6.07 Å². The lowest BCUT2D eigenvalue weighted by Gasteiger charge is -2.12. The zero-order chi connectivity index (χ0) is 11.1. The van der Waals surface area contributed by atoms with Gasteiger partial charge in [0.1, 0.15) is 0 Å². The van der Waals surface area contributed by atoms with Crippen LogP contribution in [0.15, 0.2) is 29.2 Å². The van der Waals surface area contributed by atoms with E-state index in [1.54, 1.807) is 18.2 Å². The summed E-state index contributed by atoms with van der Waals surface area (Å²) in [5, 5.41) is 0. The maximum absolute atomic E-state index is 11.8. The lowest BCUT2D eigenvalue weighted by Crippen LogP contribution is -2.36. The normalized spacial score (nSPS) is 17.5. The molecule has 15 heavy (non-hydrogen) atoms. The van der Waals surface area contributed by atoms with Crippen LogP contribution in [-0.2, 0) is 21.4 Å². The molecule has 1 aromatic carbocycles. The third kappa shape index (κ3) is 1.42. The summed E-state index contributed by atoms with van der Waals surface area (Å²) in [6.45, 7) is -0.207. The fourth-order valence-corrected chi connectivity index (χ4v) is 3.17. The van der Waals surface area contributed by atoms with Gasteiger partial charge in [-0.25, -0.2) is 12.7 Å². The molecular weight excluding hydrogens is 216 g/mol. The van der Waals surface area contributed by atoms with Crippen molar-refractivity contribution in [2.75, 3.05) is 6.54 Å². The molecule has 0 saturated heterocycles. The molecule has 0 unspecified atom stereocenters. The Bertz CT molecular complexity index is 510. The van der Waals surface area contributed by atoms with Crippen LogP contribution in [0.4, 0.5) is 0 Å². The molecule has 5 nitrogen and oxygen atoms in total. The molecule has 0 bridgehead atoms. The van der Waals surface area contributed by atoms with Crippen LogP contribution in [0.5, 0.6) is 0 Å². The molecule has 0 atom stereocenters. The van der Waals surface area contributed by atoms with Crippen LogP contribution < -0.4 is 5.73 Å². The van der Waals surface area contributed by atoms with Crippen LogP contribution in [-0.4, -0.2) is 25.2 Å². The predicted molar refractivity (Wildman–Crippen MR) is 53.2 cm³/mol. The van der Waals surface area contributed by atoms with Crippen LogP contribution in [0, 0.1) is 0 Å². The van der Waals surface area contributed by atoms with E-state index in [1.807, 2.05) is 0 Å². The Morgan fingerprint density at radius 1 is 1.40 bits per heavy atom. The molecule has 0 radical (unpaired) electrons. The van der Waals surface area contributed by atoms with Gasteiger partial charge in [-0.3, -0.25) is 4.79 Å². The first kappa shape index (κ1) is 10.1. The molecule has 1 aliphatic rings. The molecular formula is C9H10N2O3S. The topological polar surface area (TPSA) is 80.5 Å². The Morgan fingerprint density at radius 2 is 2.07 bits per heavy atom. The molecule has 1 aromatic rings. The number of fused-ring (bicyclic) bond motifs is 1. The standard InChI is InChI=1S/C9H10N2O3S/c10-5-9(12)11-6-7-3-1-2-4-8(7)15(11,13)14/h1-4H,5-6,10H2. The molecule has 0 saturated carbocycles. The third-order valence-electron chi connectivity index (χ3n) is 2.31. The van der Waals surface area contributed by atoms with Crippen LogP contribution in [0.1, 0.15) is 5.56 Å². The molecule has 80 valence electrons. The number of sulfonamides is 1. The van der Waals surface area contributed by atoms with E-state index in [2.05, 4.69) is 0 Å². The highest BCUT2D eigenvalue weighted by molar-refractivity contribution is 7.90. The van der Waals surface area contributed by atoms with Crippen molar-refractivity contribution < 1.29 is 13.2 Å². The maximum atomic E-state index is 11.8. The van der Waals surface area contributed by atoms with E-state index in [9.17, 15) is 13.2 Å². The van der Waals surface area contributed by atoms with Gasteiger partial charge in [-0.1, -0.05) is 18.2 Å². The average molecular weight is 226 g/mol. The second kappa shape index (κ2) is 3.32. The minimum absolute atomic E-state index is 0.0918. The van der Waals surface area contributed by atoms with Gasteiger partial charge in [-0.05, 0) is 11.6 Å². The Morgan fingerprint density at radius 3 is 2.67 bits per heavy atom. The van der Waals surface area contributed by atoms with Gasteiger partial charge in [0.05, 0.1) is 18.0 Å². The second-order valence-electron chi connectivity index (χ2n) is 3.22. The van der Waals surface area contributed by atoms with Crippen LogP contribution >= 0.6 is 0 Å². The zero-order valence-electron chi connectivity index (χ0n) is 7.88. The monoisotopic (exact) mass is 226 g/mol. The summed E-state index contributed by atoms with van der Waals surface area (Å²) in [4.78, 5) is 11.5. The van der Waals surface area contributed by atoms with E-state index in [0.29, 0.717) is 5.56 Å². The number of benzene rings is 1. The first-order valence-corrected chi connectivity index (χ1v) is 5.85. The Hall–Kier alpha value is -1.40. The Kier molecular flexibility index (Phi) is 2.24. The molecule has 1 amide bonds. The molecule has 6 heteroatoms. The number of nitrogens with two attached hydrogens (primary N) is 1. The highest BCUT2D eigenvalue weighted by atomic mass is 32.2. The molecule has 2 rings (SSSR count). The largest absolute Gasteiger partial charge is 0.322 e. The molecule has 2 N–H and O–H groups in total. The van der Waals surface area contributed by atoms with Crippen molar-refractivity contribution in [2.24, 2.45) is 5.73 Å².